The third-order valence-electron chi connectivity index (χ3n) is 1.15. The first-order valence-corrected chi connectivity index (χ1v) is 3.28. The van der Waals surface area contributed by atoms with E-state index in [0.29, 0.717) is 0 Å². The molecule has 0 unspecified atom stereocenters. The molecule has 0 aliphatic rings. The fraction of sp³-hybridized carbons (Fsp3) is 0.750. The number of ether oxygens (including phenoxy) is 1. The maximum atomic E-state index is 12.9. The molecule has 0 saturated carbocycles. The average Bonchev–Trinajstić information content (AvgIpc) is 2.10. The molecule has 0 amide bonds. The van der Waals surface area contributed by atoms with Crippen LogP contribution >= 0.6 is 0 Å². The maximum Gasteiger partial charge on any atom is 0.693 e. The Balaban J connectivity index is 4.80. The number of rotatable bonds is 4. The van der Waals surface area contributed by atoms with Crippen LogP contribution in [0.4, 0.5) is 17.6 Å². The molecule has 1 N–H and O–H groups in total. The molecule has 8 nitrogen and oxygen atoms in total. The van der Waals surface area contributed by atoms with Gasteiger partial charge in [0, 0.05) is 0 Å². The molecular weight excluding hydrogens is 246 g/mol. The highest BCUT2D eigenvalue weighted by molar-refractivity contribution is 5.78. The van der Waals surface area contributed by atoms with Gasteiger partial charge in [-0.1, -0.05) is 4.39 Å². The fourth-order valence-electron chi connectivity index (χ4n) is 0.478. The number of hydrogen-bond acceptors (Lipinski definition) is 6. The number of nitro groups is 2. The second kappa shape index (κ2) is 4.24. The van der Waals surface area contributed by atoms with E-state index in [1.807, 2.05) is 0 Å². The zero-order chi connectivity index (χ0) is 13.1. The van der Waals surface area contributed by atoms with Crippen molar-refractivity contribution in [3.63, 3.8) is 0 Å². The Labute approximate surface area is 83.6 Å². The standard InChI is InChI=1S/C4H3F4N3O5/c5-3(6,7)1-16-2(9)4(8,10(12)13)11(14)15/h9H,1H2. The molecule has 0 radical (unpaired) electrons. The van der Waals surface area contributed by atoms with Crippen molar-refractivity contribution >= 4 is 5.90 Å². The zero-order valence-corrected chi connectivity index (χ0v) is 7.15. The number of hydrogen-bond donors (Lipinski definition) is 1. The predicted molar refractivity (Wildman–Crippen MR) is 37.6 cm³/mol. The van der Waals surface area contributed by atoms with Crippen LogP contribution in [-0.2, 0) is 4.74 Å². The number of nitrogens with one attached hydrogen (secondary N) is 1. The van der Waals surface area contributed by atoms with Crippen LogP contribution in [0, 0.1) is 25.6 Å². The summed E-state index contributed by atoms with van der Waals surface area (Å²) in [7, 11) is 0. The van der Waals surface area contributed by atoms with Gasteiger partial charge in [0.05, 0.1) is 0 Å². The van der Waals surface area contributed by atoms with E-state index in [-0.39, 0.29) is 0 Å². The molecule has 0 aliphatic carbocycles. The van der Waals surface area contributed by atoms with Crippen LogP contribution in [0.5, 0.6) is 0 Å². The smallest absolute Gasteiger partial charge is 0.458 e. The van der Waals surface area contributed by atoms with Gasteiger partial charge in [-0.2, -0.15) is 13.2 Å². The third-order valence-corrected chi connectivity index (χ3v) is 1.15. The van der Waals surface area contributed by atoms with Crippen LogP contribution in [0.2, 0.25) is 0 Å². The lowest BCUT2D eigenvalue weighted by molar-refractivity contribution is -0.808. The molecule has 0 rings (SSSR count). The molecular formula is C4H3F4N3O5. The molecule has 92 valence electrons. The predicted octanol–water partition coefficient (Wildman–Crippen LogP) is 0.719. The summed E-state index contributed by atoms with van der Waals surface area (Å²) in [6.07, 6.45) is -5.00. The van der Waals surface area contributed by atoms with Crippen molar-refractivity contribution in [2.24, 2.45) is 0 Å². The van der Waals surface area contributed by atoms with Gasteiger partial charge in [-0.3, -0.25) is 25.6 Å². The van der Waals surface area contributed by atoms with E-state index < -0.39 is 34.4 Å². The zero-order valence-electron chi connectivity index (χ0n) is 7.15. The summed E-state index contributed by atoms with van der Waals surface area (Å²) in [5.41, 5.74) is 0. The van der Waals surface area contributed by atoms with Crippen molar-refractivity contribution in [2.45, 2.75) is 12.1 Å². The van der Waals surface area contributed by atoms with E-state index >= 15 is 0 Å². The minimum absolute atomic E-state index is 2.17. The molecule has 0 saturated heterocycles. The first-order chi connectivity index (χ1) is 7.01. The number of halogens is 4. The van der Waals surface area contributed by atoms with Crippen LogP contribution in [0.25, 0.3) is 0 Å². The average molecular weight is 249 g/mol. The Bertz CT molecular complexity index is 314. The maximum absolute atomic E-state index is 12.9. The Morgan fingerprint density at radius 3 is 1.81 bits per heavy atom. The van der Waals surface area contributed by atoms with Gasteiger partial charge in [0.1, 0.15) is 9.85 Å². The molecule has 0 aliphatic heterocycles. The van der Waals surface area contributed by atoms with Crippen LogP contribution in [0.3, 0.4) is 0 Å². The lowest BCUT2D eigenvalue weighted by Crippen LogP contribution is -2.50. The van der Waals surface area contributed by atoms with Crippen molar-refractivity contribution in [1.82, 2.24) is 0 Å². The van der Waals surface area contributed by atoms with E-state index in [2.05, 4.69) is 4.74 Å². The van der Waals surface area contributed by atoms with Gasteiger partial charge in [-0.05, 0) is 0 Å². The molecule has 0 fully saturated rings. The SMILES string of the molecule is N=C(OCC(F)(F)F)C(F)([N+](=O)[O-])[N+](=O)[O-]. The monoisotopic (exact) mass is 249 g/mol. The largest absolute Gasteiger partial charge is 0.693 e. The Hall–Kier alpha value is -2.01. The molecule has 0 aromatic rings. The van der Waals surface area contributed by atoms with Crippen LogP contribution in [-0.4, -0.2) is 34.4 Å². The van der Waals surface area contributed by atoms with Crippen LogP contribution in [0.15, 0.2) is 0 Å². The molecule has 0 aromatic heterocycles. The Kier molecular flexibility index (Phi) is 3.71. The topological polar surface area (TPSA) is 119 Å². The Morgan fingerprint density at radius 1 is 1.19 bits per heavy atom. The summed E-state index contributed by atoms with van der Waals surface area (Å²) >= 11 is 0. The second-order valence-corrected chi connectivity index (χ2v) is 2.33. The summed E-state index contributed by atoms with van der Waals surface area (Å²) in [6, 6.07) is 0. The van der Waals surface area contributed by atoms with Crippen molar-refractivity contribution in [1.29, 1.82) is 5.41 Å². The molecule has 16 heavy (non-hydrogen) atoms. The number of alkyl halides is 4. The normalized spacial score (nSPS) is 12.0. The summed E-state index contributed by atoms with van der Waals surface area (Å²) in [5.74, 6) is -7.06. The molecule has 0 bridgehead atoms. The van der Waals surface area contributed by atoms with Crippen molar-refractivity contribution in [3.8, 4) is 0 Å². The fourth-order valence-corrected chi connectivity index (χ4v) is 0.478. The van der Waals surface area contributed by atoms with E-state index in [9.17, 15) is 37.8 Å². The summed E-state index contributed by atoms with van der Waals surface area (Å²) in [4.78, 5) is 15.5. The molecule has 0 spiro atoms. The van der Waals surface area contributed by atoms with E-state index in [4.69, 9.17) is 5.41 Å². The van der Waals surface area contributed by atoms with Crippen molar-refractivity contribution in [2.75, 3.05) is 6.61 Å². The van der Waals surface area contributed by atoms with Gasteiger partial charge >= 0.3 is 18.0 Å². The van der Waals surface area contributed by atoms with Gasteiger partial charge in [0.15, 0.2) is 6.61 Å². The van der Waals surface area contributed by atoms with Gasteiger partial charge < -0.3 is 4.74 Å². The highest BCUT2D eigenvalue weighted by Crippen LogP contribution is 2.19. The first-order valence-electron chi connectivity index (χ1n) is 3.28. The van der Waals surface area contributed by atoms with Gasteiger partial charge in [0.25, 0.3) is 0 Å². The second-order valence-electron chi connectivity index (χ2n) is 2.33. The van der Waals surface area contributed by atoms with E-state index in [1.54, 1.807) is 0 Å². The lowest BCUT2D eigenvalue weighted by Gasteiger charge is -2.11. The third kappa shape index (κ3) is 2.99. The van der Waals surface area contributed by atoms with Gasteiger partial charge in [-0.25, -0.2) is 0 Å². The highest BCUT2D eigenvalue weighted by atomic mass is 19.4. The summed E-state index contributed by atoms with van der Waals surface area (Å²) < 4.78 is 50.8. The first kappa shape index (κ1) is 14.0. The quantitative estimate of drug-likeness (QED) is 0.150. The molecule has 12 heteroatoms. The van der Waals surface area contributed by atoms with Crippen molar-refractivity contribution in [3.05, 3.63) is 20.2 Å². The highest BCUT2D eigenvalue weighted by Gasteiger charge is 2.66. The summed E-state index contributed by atoms with van der Waals surface area (Å²) in [5, 5.41) is 26.2. The molecule has 0 aromatic carbocycles. The number of nitrogens with zero attached hydrogens (tertiary/aromatic N) is 2. The van der Waals surface area contributed by atoms with E-state index in [0.717, 1.165) is 0 Å². The Morgan fingerprint density at radius 2 is 1.56 bits per heavy atom. The molecule has 0 heterocycles. The lowest BCUT2D eigenvalue weighted by atomic mass is 10.4. The minimum Gasteiger partial charge on any atom is -0.458 e. The minimum atomic E-state index is -5.00. The van der Waals surface area contributed by atoms with Crippen LogP contribution in [0.1, 0.15) is 0 Å². The van der Waals surface area contributed by atoms with Crippen molar-refractivity contribution < 1.29 is 32.1 Å². The molecule has 0 atom stereocenters. The van der Waals surface area contributed by atoms with Crippen LogP contribution < -0.4 is 0 Å². The summed E-state index contributed by atoms with van der Waals surface area (Å²) in [6.45, 7) is -2.24. The van der Waals surface area contributed by atoms with Gasteiger partial charge in [-0.15, -0.1) is 0 Å². The van der Waals surface area contributed by atoms with Gasteiger partial charge in [0.2, 0.25) is 0 Å². The van der Waals surface area contributed by atoms with E-state index in [1.165, 1.54) is 0 Å².